The van der Waals surface area contributed by atoms with Crippen molar-refractivity contribution >= 4 is 12.6 Å². The second-order valence-corrected chi connectivity index (χ2v) is 7.63. The molecule has 138 valence electrons. The first kappa shape index (κ1) is 18.9. The average molecular weight is 360 g/mol. The van der Waals surface area contributed by atoms with E-state index >= 15 is 0 Å². The lowest BCUT2D eigenvalue weighted by molar-refractivity contribution is 0.00578. The van der Waals surface area contributed by atoms with Crippen molar-refractivity contribution in [2.24, 2.45) is 0 Å². The van der Waals surface area contributed by atoms with Gasteiger partial charge in [-0.05, 0) is 63.9 Å². The number of benzene rings is 2. The van der Waals surface area contributed by atoms with Crippen molar-refractivity contribution in [3.8, 4) is 5.75 Å². The van der Waals surface area contributed by atoms with Gasteiger partial charge >= 0.3 is 7.12 Å². The second kappa shape index (κ2) is 6.67. The SMILES string of the molecule is Cc1ccc(F)cc1COc1cc(F)ccc1B1OC(C)(C)C(C)(C)O1. The summed E-state index contributed by atoms with van der Waals surface area (Å²) < 4.78 is 45.2. The van der Waals surface area contributed by atoms with Gasteiger partial charge in [0.15, 0.2) is 0 Å². The summed E-state index contributed by atoms with van der Waals surface area (Å²) in [5.41, 5.74) is 1.19. The molecule has 6 heteroatoms. The molecule has 2 aromatic rings. The molecule has 1 fully saturated rings. The number of hydrogen-bond acceptors (Lipinski definition) is 3. The summed E-state index contributed by atoms with van der Waals surface area (Å²) in [6, 6.07) is 8.76. The second-order valence-electron chi connectivity index (χ2n) is 7.63. The van der Waals surface area contributed by atoms with Crippen molar-refractivity contribution in [3.05, 3.63) is 59.2 Å². The van der Waals surface area contributed by atoms with Gasteiger partial charge in [0, 0.05) is 11.5 Å². The fourth-order valence-electron chi connectivity index (χ4n) is 2.75. The predicted octanol–water partition coefficient (Wildman–Crippen LogP) is 4.15. The van der Waals surface area contributed by atoms with Gasteiger partial charge < -0.3 is 14.0 Å². The first-order chi connectivity index (χ1) is 12.1. The Kier molecular flexibility index (Phi) is 4.84. The van der Waals surface area contributed by atoms with Crippen LogP contribution in [0.1, 0.15) is 38.8 Å². The molecule has 0 aromatic heterocycles. The maximum Gasteiger partial charge on any atom is 0.498 e. The van der Waals surface area contributed by atoms with E-state index in [9.17, 15) is 8.78 Å². The number of halogens is 2. The third kappa shape index (κ3) is 3.62. The first-order valence-corrected chi connectivity index (χ1v) is 8.62. The van der Waals surface area contributed by atoms with Crippen molar-refractivity contribution in [1.82, 2.24) is 0 Å². The minimum absolute atomic E-state index is 0.125. The van der Waals surface area contributed by atoms with Crippen LogP contribution in [0.5, 0.6) is 5.75 Å². The van der Waals surface area contributed by atoms with Crippen LogP contribution < -0.4 is 10.2 Å². The van der Waals surface area contributed by atoms with Gasteiger partial charge in [-0.2, -0.15) is 0 Å². The van der Waals surface area contributed by atoms with E-state index in [0.717, 1.165) is 5.56 Å². The van der Waals surface area contributed by atoms with Crippen LogP contribution in [0.3, 0.4) is 0 Å². The number of ether oxygens (including phenoxy) is 1. The minimum Gasteiger partial charge on any atom is -0.489 e. The standard InChI is InChI=1S/C20H23BF2O3/c1-13-6-7-15(22)10-14(13)12-24-18-11-16(23)8-9-17(18)21-25-19(2,3)20(4,5)26-21/h6-11H,12H2,1-5H3. The highest BCUT2D eigenvalue weighted by molar-refractivity contribution is 6.63. The largest absolute Gasteiger partial charge is 0.498 e. The summed E-state index contributed by atoms with van der Waals surface area (Å²) >= 11 is 0. The minimum atomic E-state index is -0.663. The maximum atomic E-state index is 13.8. The van der Waals surface area contributed by atoms with Crippen LogP contribution in [0, 0.1) is 18.6 Å². The first-order valence-electron chi connectivity index (χ1n) is 8.62. The van der Waals surface area contributed by atoms with Crippen molar-refractivity contribution in [2.45, 2.75) is 52.4 Å². The Labute approximate surface area is 153 Å². The molecule has 0 saturated carbocycles. The Bertz CT molecular complexity index is 805. The topological polar surface area (TPSA) is 27.7 Å². The van der Waals surface area contributed by atoms with E-state index in [2.05, 4.69) is 0 Å². The van der Waals surface area contributed by atoms with Crippen LogP contribution in [0.15, 0.2) is 36.4 Å². The van der Waals surface area contributed by atoms with E-state index in [1.54, 1.807) is 12.1 Å². The lowest BCUT2D eigenvalue weighted by Crippen LogP contribution is -2.41. The van der Waals surface area contributed by atoms with Crippen molar-refractivity contribution in [2.75, 3.05) is 0 Å². The Morgan fingerprint density at radius 3 is 2.15 bits per heavy atom. The van der Waals surface area contributed by atoms with Crippen LogP contribution >= 0.6 is 0 Å². The molecule has 1 aliphatic heterocycles. The lowest BCUT2D eigenvalue weighted by atomic mass is 9.78. The van der Waals surface area contributed by atoms with E-state index in [0.29, 0.717) is 16.8 Å². The summed E-state index contributed by atoms with van der Waals surface area (Å²) in [7, 11) is -0.663. The molecular weight excluding hydrogens is 337 g/mol. The summed E-state index contributed by atoms with van der Waals surface area (Å²) in [6.07, 6.45) is 0. The fraction of sp³-hybridized carbons (Fsp3) is 0.400. The smallest absolute Gasteiger partial charge is 0.489 e. The molecule has 3 rings (SSSR count). The fourth-order valence-corrected chi connectivity index (χ4v) is 2.75. The predicted molar refractivity (Wildman–Crippen MR) is 97.6 cm³/mol. The molecule has 0 N–H and O–H groups in total. The molecular formula is C20H23BF2O3. The lowest BCUT2D eigenvalue weighted by Gasteiger charge is -2.32. The zero-order chi connectivity index (χ0) is 19.1. The third-order valence-electron chi connectivity index (χ3n) is 5.18. The summed E-state index contributed by atoms with van der Waals surface area (Å²) in [5.74, 6) is -0.428. The van der Waals surface area contributed by atoms with E-state index in [1.807, 2.05) is 34.6 Å². The zero-order valence-corrected chi connectivity index (χ0v) is 15.7. The monoisotopic (exact) mass is 360 g/mol. The molecule has 0 amide bonds. The number of rotatable bonds is 4. The number of aryl methyl sites for hydroxylation is 1. The van der Waals surface area contributed by atoms with Gasteiger partial charge in [0.05, 0.1) is 11.2 Å². The van der Waals surface area contributed by atoms with Crippen LogP contribution in [0.4, 0.5) is 8.78 Å². The molecule has 0 aliphatic carbocycles. The maximum absolute atomic E-state index is 13.8. The van der Waals surface area contributed by atoms with Crippen molar-refractivity contribution < 1.29 is 22.8 Å². The van der Waals surface area contributed by atoms with E-state index in [4.69, 9.17) is 14.0 Å². The van der Waals surface area contributed by atoms with Crippen LogP contribution in [-0.2, 0) is 15.9 Å². The average Bonchev–Trinajstić information content (AvgIpc) is 2.76. The molecule has 0 atom stereocenters. The molecule has 2 aromatic carbocycles. The molecule has 26 heavy (non-hydrogen) atoms. The molecule has 0 bridgehead atoms. The van der Waals surface area contributed by atoms with E-state index in [1.165, 1.54) is 24.3 Å². The van der Waals surface area contributed by atoms with E-state index in [-0.39, 0.29) is 12.4 Å². The van der Waals surface area contributed by atoms with Crippen LogP contribution in [0.2, 0.25) is 0 Å². The Morgan fingerprint density at radius 2 is 1.50 bits per heavy atom. The van der Waals surface area contributed by atoms with Gasteiger partial charge in [0.1, 0.15) is 24.0 Å². The van der Waals surface area contributed by atoms with Gasteiger partial charge in [0.25, 0.3) is 0 Å². The molecule has 1 heterocycles. The zero-order valence-electron chi connectivity index (χ0n) is 15.7. The van der Waals surface area contributed by atoms with Crippen LogP contribution in [-0.4, -0.2) is 18.3 Å². The highest BCUT2D eigenvalue weighted by Gasteiger charge is 2.52. The van der Waals surface area contributed by atoms with Gasteiger partial charge in [-0.3, -0.25) is 0 Å². The molecule has 0 unspecified atom stereocenters. The van der Waals surface area contributed by atoms with Crippen molar-refractivity contribution in [1.29, 1.82) is 0 Å². The Balaban J connectivity index is 1.86. The summed E-state index contributed by atoms with van der Waals surface area (Å²) in [4.78, 5) is 0. The molecule has 0 spiro atoms. The van der Waals surface area contributed by atoms with Gasteiger partial charge in [-0.1, -0.05) is 12.1 Å². The highest BCUT2D eigenvalue weighted by atomic mass is 19.1. The molecule has 0 radical (unpaired) electrons. The summed E-state index contributed by atoms with van der Waals surface area (Å²) in [5, 5.41) is 0. The Morgan fingerprint density at radius 1 is 0.923 bits per heavy atom. The van der Waals surface area contributed by atoms with E-state index < -0.39 is 24.1 Å². The van der Waals surface area contributed by atoms with Gasteiger partial charge in [0.2, 0.25) is 0 Å². The highest BCUT2D eigenvalue weighted by Crippen LogP contribution is 2.37. The molecule has 1 aliphatic rings. The third-order valence-corrected chi connectivity index (χ3v) is 5.18. The van der Waals surface area contributed by atoms with Gasteiger partial charge in [-0.15, -0.1) is 0 Å². The quantitative estimate of drug-likeness (QED) is 0.767. The summed E-state index contributed by atoms with van der Waals surface area (Å²) in [6.45, 7) is 9.80. The normalized spacial score (nSPS) is 18.2. The Hall–Kier alpha value is -1.92. The molecule has 1 saturated heterocycles. The van der Waals surface area contributed by atoms with Gasteiger partial charge in [-0.25, -0.2) is 8.78 Å². The van der Waals surface area contributed by atoms with Crippen LogP contribution in [0.25, 0.3) is 0 Å². The van der Waals surface area contributed by atoms with Crippen molar-refractivity contribution in [3.63, 3.8) is 0 Å². The molecule has 3 nitrogen and oxygen atoms in total. The number of hydrogen-bond donors (Lipinski definition) is 0.